The van der Waals surface area contributed by atoms with E-state index in [-0.39, 0.29) is 6.61 Å². The maximum atomic E-state index is 13.7. The zero-order valence-electron chi connectivity index (χ0n) is 8.69. The lowest BCUT2D eigenvalue weighted by atomic mass is 10.1. The molecule has 1 atom stereocenters. The van der Waals surface area contributed by atoms with Gasteiger partial charge in [0.15, 0.2) is 0 Å². The summed E-state index contributed by atoms with van der Waals surface area (Å²) < 4.78 is 13.7. The summed E-state index contributed by atoms with van der Waals surface area (Å²) in [6, 6.07) is 10.0. The molecule has 82 valence electrons. The molecule has 1 N–H and O–H groups in total. The van der Waals surface area contributed by atoms with Crippen molar-refractivity contribution >= 4 is 0 Å². The molecule has 1 fully saturated rings. The van der Waals surface area contributed by atoms with Crippen LogP contribution in [-0.2, 0) is 6.54 Å². The number of benzene rings is 1. The van der Waals surface area contributed by atoms with Crippen LogP contribution in [0.2, 0.25) is 0 Å². The third-order valence-electron chi connectivity index (χ3n) is 2.92. The van der Waals surface area contributed by atoms with Gasteiger partial charge in [-0.15, -0.1) is 0 Å². The summed E-state index contributed by atoms with van der Waals surface area (Å²) in [5.41, 5.74) is -0.186. The molecule has 1 aromatic rings. The number of hydrogen-bond donors (Lipinski definition) is 1. The Balaban J connectivity index is 1.93. The van der Waals surface area contributed by atoms with Gasteiger partial charge in [0.05, 0.1) is 6.61 Å². The maximum Gasteiger partial charge on any atom is 0.147 e. The van der Waals surface area contributed by atoms with Gasteiger partial charge < -0.3 is 5.11 Å². The number of likely N-dealkylation sites (tertiary alicyclic amines) is 1. The molecule has 15 heavy (non-hydrogen) atoms. The van der Waals surface area contributed by atoms with Crippen molar-refractivity contribution < 1.29 is 9.50 Å². The van der Waals surface area contributed by atoms with Crippen molar-refractivity contribution in [1.82, 2.24) is 4.90 Å². The van der Waals surface area contributed by atoms with E-state index in [1.54, 1.807) is 0 Å². The van der Waals surface area contributed by atoms with E-state index in [2.05, 4.69) is 0 Å². The first-order valence-electron chi connectivity index (χ1n) is 5.28. The molecule has 1 aliphatic rings. The normalized spacial score (nSPS) is 27.1. The molecule has 3 heteroatoms. The molecule has 0 radical (unpaired) electrons. The van der Waals surface area contributed by atoms with E-state index in [0.29, 0.717) is 13.0 Å². The molecule has 0 saturated carbocycles. The minimum atomic E-state index is -1.38. The molecule has 0 unspecified atom stereocenters. The second kappa shape index (κ2) is 4.29. The fourth-order valence-electron chi connectivity index (χ4n) is 2.02. The van der Waals surface area contributed by atoms with Crippen LogP contribution in [0.5, 0.6) is 0 Å². The van der Waals surface area contributed by atoms with Gasteiger partial charge in [-0.2, -0.15) is 0 Å². The van der Waals surface area contributed by atoms with Crippen molar-refractivity contribution in [1.29, 1.82) is 0 Å². The summed E-state index contributed by atoms with van der Waals surface area (Å²) in [7, 11) is 0. The van der Waals surface area contributed by atoms with E-state index in [1.807, 2.05) is 35.2 Å². The molecular weight excluding hydrogens is 193 g/mol. The van der Waals surface area contributed by atoms with Crippen molar-refractivity contribution in [2.75, 3.05) is 19.7 Å². The Morgan fingerprint density at radius 2 is 2.07 bits per heavy atom. The molecule has 2 rings (SSSR count). The third-order valence-corrected chi connectivity index (χ3v) is 2.92. The number of rotatable bonds is 3. The zero-order chi connectivity index (χ0) is 10.7. The average molecular weight is 209 g/mol. The summed E-state index contributed by atoms with van der Waals surface area (Å²) in [6.45, 7) is 1.48. The van der Waals surface area contributed by atoms with Crippen LogP contribution in [0.3, 0.4) is 0 Å². The predicted molar refractivity (Wildman–Crippen MR) is 57.3 cm³/mol. The van der Waals surface area contributed by atoms with Gasteiger partial charge in [0.1, 0.15) is 5.67 Å². The molecule has 1 heterocycles. The van der Waals surface area contributed by atoms with Gasteiger partial charge in [-0.3, -0.25) is 4.90 Å². The Labute approximate surface area is 89.3 Å². The van der Waals surface area contributed by atoms with Gasteiger partial charge in [0, 0.05) is 19.6 Å². The second-order valence-electron chi connectivity index (χ2n) is 4.26. The number of aliphatic hydroxyl groups is 1. The Kier molecular flexibility index (Phi) is 3.03. The summed E-state index contributed by atoms with van der Waals surface area (Å²) in [5, 5.41) is 8.91. The first-order valence-corrected chi connectivity index (χ1v) is 5.28. The van der Waals surface area contributed by atoms with E-state index in [4.69, 9.17) is 5.11 Å². The first-order chi connectivity index (χ1) is 7.22. The second-order valence-corrected chi connectivity index (χ2v) is 4.26. The van der Waals surface area contributed by atoms with E-state index < -0.39 is 5.67 Å². The van der Waals surface area contributed by atoms with E-state index in [1.165, 1.54) is 5.56 Å². The highest BCUT2D eigenvalue weighted by Crippen LogP contribution is 2.25. The minimum absolute atomic E-state index is 0.346. The average Bonchev–Trinajstić information content (AvgIpc) is 2.63. The van der Waals surface area contributed by atoms with Crippen LogP contribution >= 0.6 is 0 Å². The van der Waals surface area contributed by atoms with Crippen LogP contribution in [0, 0.1) is 0 Å². The van der Waals surface area contributed by atoms with Crippen LogP contribution in [0.25, 0.3) is 0 Å². The first kappa shape index (κ1) is 10.6. The van der Waals surface area contributed by atoms with Crippen molar-refractivity contribution in [2.45, 2.75) is 18.6 Å². The topological polar surface area (TPSA) is 23.5 Å². The van der Waals surface area contributed by atoms with Gasteiger partial charge in [-0.05, 0) is 12.0 Å². The van der Waals surface area contributed by atoms with Gasteiger partial charge in [0.25, 0.3) is 0 Å². The maximum absolute atomic E-state index is 13.7. The monoisotopic (exact) mass is 209 g/mol. The molecule has 0 spiro atoms. The Morgan fingerprint density at radius 3 is 2.67 bits per heavy atom. The standard InChI is InChI=1S/C12H16FNO/c13-12(10-15)6-7-14(9-12)8-11-4-2-1-3-5-11/h1-5,15H,6-10H2/t12-/m0/s1. The number of nitrogens with zero attached hydrogens (tertiary/aromatic N) is 1. The highest BCUT2D eigenvalue weighted by atomic mass is 19.1. The molecule has 1 saturated heterocycles. The lowest BCUT2D eigenvalue weighted by Crippen LogP contribution is -2.32. The smallest absolute Gasteiger partial charge is 0.147 e. The number of alkyl halides is 1. The Bertz CT molecular complexity index is 317. The molecule has 0 aliphatic carbocycles. The minimum Gasteiger partial charge on any atom is -0.393 e. The molecule has 0 bridgehead atoms. The molecule has 1 aliphatic heterocycles. The van der Waals surface area contributed by atoms with Crippen LogP contribution in [0.4, 0.5) is 4.39 Å². The lowest BCUT2D eigenvalue weighted by molar-refractivity contribution is 0.0769. The lowest BCUT2D eigenvalue weighted by Gasteiger charge is -2.18. The summed E-state index contributed by atoms with van der Waals surface area (Å²) in [6.07, 6.45) is 0.441. The van der Waals surface area contributed by atoms with Crippen molar-refractivity contribution in [3.05, 3.63) is 35.9 Å². The van der Waals surface area contributed by atoms with Crippen molar-refractivity contribution in [3.63, 3.8) is 0 Å². The largest absolute Gasteiger partial charge is 0.393 e. The molecule has 0 amide bonds. The zero-order valence-corrected chi connectivity index (χ0v) is 8.69. The van der Waals surface area contributed by atoms with Gasteiger partial charge in [0.2, 0.25) is 0 Å². The predicted octanol–water partition coefficient (Wildman–Crippen LogP) is 1.59. The molecule has 0 aromatic heterocycles. The van der Waals surface area contributed by atoms with Crippen molar-refractivity contribution in [3.8, 4) is 0 Å². The Morgan fingerprint density at radius 1 is 1.33 bits per heavy atom. The Hall–Kier alpha value is -0.930. The molecule has 2 nitrogen and oxygen atoms in total. The molecule has 1 aromatic carbocycles. The number of hydrogen-bond acceptors (Lipinski definition) is 2. The fourth-order valence-corrected chi connectivity index (χ4v) is 2.02. The number of halogens is 1. The van der Waals surface area contributed by atoms with Gasteiger partial charge in [-0.1, -0.05) is 30.3 Å². The van der Waals surface area contributed by atoms with Gasteiger partial charge >= 0.3 is 0 Å². The highest BCUT2D eigenvalue weighted by Gasteiger charge is 2.37. The summed E-state index contributed by atoms with van der Waals surface area (Å²) in [5.74, 6) is 0. The van der Waals surface area contributed by atoms with Crippen LogP contribution in [0.1, 0.15) is 12.0 Å². The summed E-state index contributed by atoms with van der Waals surface area (Å²) in [4.78, 5) is 2.05. The highest BCUT2D eigenvalue weighted by molar-refractivity contribution is 5.14. The summed E-state index contributed by atoms with van der Waals surface area (Å²) >= 11 is 0. The van der Waals surface area contributed by atoms with Crippen LogP contribution in [-0.4, -0.2) is 35.4 Å². The quantitative estimate of drug-likeness (QED) is 0.817. The third kappa shape index (κ3) is 2.55. The van der Waals surface area contributed by atoms with E-state index in [9.17, 15) is 4.39 Å². The van der Waals surface area contributed by atoms with E-state index >= 15 is 0 Å². The fraction of sp³-hybridized carbons (Fsp3) is 0.500. The van der Waals surface area contributed by atoms with Crippen molar-refractivity contribution in [2.24, 2.45) is 0 Å². The molecular formula is C12H16FNO. The van der Waals surface area contributed by atoms with Gasteiger partial charge in [-0.25, -0.2) is 4.39 Å². The number of aliphatic hydroxyl groups excluding tert-OH is 1. The SMILES string of the molecule is OC[C@]1(F)CCN(Cc2ccccc2)C1. The van der Waals surface area contributed by atoms with Crippen LogP contribution in [0.15, 0.2) is 30.3 Å². The van der Waals surface area contributed by atoms with Crippen LogP contribution < -0.4 is 0 Å². The van der Waals surface area contributed by atoms with E-state index in [0.717, 1.165) is 13.1 Å².